The highest BCUT2D eigenvalue weighted by Crippen LogP contribution is 2.41. The van der Waals surface area contributed by atoms with Gasteiger partial charge in [-0.2, -0.15) is 0 Å². The van der Waals surface area contributed by atoms with Crippen molar-refractivity contribution in [2.24, 2.45) is 0 Å². The molecule has 9 heavy (non-hydrogen) atoms. The Hall–Kier alpha value is 0.700. The highest BCUT2D eigenvalue weighted by molar-refractivity contribution is 8.77. The van der Waals surface area contributed by atoms with E-state index in [9.17, 15) is 0 Å². The summed E-state index contributed by atoms with van der Waals surface area (Å²) in [7, 11) is 4.16. The zero-order valence-corrected chi connectivity index (χ0v) is 7.56. The van der Waals surface area contributed by atoms with E-state index in [0.717, 1.165) is 5.25 Å². The summed E-state index contributed by atoms with van der Waals surface area (Å²) in [5.74, 6) is 1.36. The molecule has 1 fully saturated rings. The smallest absolute Gasteiger partial charge is 0.0152 e. The molecule has 0 aromatic rings. The lowest BCUT2D eigenvalue weighted by atomic mass is 10.4. The maximum atomic E-state index is 2.25. The van der Waals surface area contributed by atoms with Crippen molar-refractivity contribution in [1.29, 1.82) is 0 Å². The van der Waals surface area contributed by atoms with Crippen molar-refractivity contribution in [2.45, 2.75) is 37.9 Å². The van der Waals surface area contributed by atoms with Crippen LogP contribution in [-0.4, -0.2) is 11.0 Å². The van der Waals surface area contributed by atoms with Crippen molar-refractivity contribution in [3.8, 4) is 0 Å². The minimum Gasteiger partial charge on any atom is -0.0939 e. The molecule has 1 rings (SSSR count). The molecule has 1 saturated carbocycles. The predicted molar refractivity (Wildman–Crippen MR) is 48.0 cm³/mol. The molecule has 0 spiro atoms. The third kappa shape index (κ3) is 4.15. The zero-order chi connectivity index (χ0) is 6.53. The second-order valence-electron chi connectivity index (χ2n) is 2.47. The first-order valence-corrected chi connectivity index (χ1v) is 6.10. The molecular formula is C7H14S2. The van der Waals surface area contributed by atoms with Crippen LogP contribution in [0, 0.1) is 0 Å². The summed E-state index contributed by atoms with van der Waals surface area (Å²) in [6.07, 6.45) is 5.69. The summed E-state index contributed by atoms with van der Waals surface area (Å²) in [5, 5.41) is 1.03. The molecule has 0 saturated heterocycles. The van der Waals surface area contributed by atoms with E-state index < -0.39 is 0 Å². The quantitative estimate of drug-likeness (QED) is 0.449. The highest BCUT2D eigenvalue weighted by Gasteiger charge is 2.21. The first-order chi connectivity index (χ1) is 4.43. The van der Waals surface area contributed by atoms with Crippen molar-refractivity contribution < 1.29 is 0 Å². The lowest BCUT2D eigenvalue weighted by molar-refractivity contribution is 0.898. The van der Waals surface area contributed by atoms with Gasteiger partial charge in [-0.05, 0) is 19.3 Å². The maximum absolute atomic E-state index is 2.25. The van der Waals surface area contributed by atoms with Gasteiger partial charge in [-0.15, -0.1) is 0 Å². The largest absolute Gasteiger partial charge is 0.0939 e. The van der Waals surface area contributed by atoms with Gasteiger partial charge in [0, 0.05) is 11.0 Å². The van der Waals surface area contributed by atoms with Gasteiger partial charge in [-0.25, -0.2) is 0 Å². The molecule has 0 nitrogen and oxygen atoms in total. The number of hydrogen-bond acceptors (Lipinski definition) is 2. The van der Waals surface area contributed by atoms with Crippen LogP contribution in [0.5, 0.6) is 0 Å². The van der Waals surface area contributed by atoms with Gasteiger partial charge in [-0.3, -0.25) is 0 Å². The highest BCUT2D eigenvalue weighted by atomic mass is 33.1. The molecule has 0 aromatic carbocycles. The number of hydrogen-bond donors (Lipinski definition) is 0. The van der Waals surface area contributed by atoms with Gasteiger partial charge in [0.25, 0.3) is 0 Å². The van der Waals surface area contributed by atoms with Gasteiger partial charge in [0.15, 0.2) is 0 Å². The Morgan fingerprint density at radius 2 is 2.22 bits per heavy atom. The van der Waals surface area contributed by atoms with Crippen molar-refractivity contribution in [3.05, 3.63) is 0 Å². The lowest BCUT2D eigenvalue weighted by Gasteiger charge is -1.94. The summed E-state index contributed by atoms with van der Waals surface area (Å²) < 4.78 is 0. The lowest BCUT2D eigenvalue weighted by Crippen LogP contribution is -1.73. The summed E-state index contributed by atoms with van der Waals surface area (Å²) in [4.78, 5) is 0. The molecule has 0 aromatic heterocycles. The van der Waals surface area contributed by atoms with Crippen LogP contribution >= 0.6 is 21.6 Å². The Morgan fingerprint density at radius 3 is 2.78 bits per heavy atom. The van der Waals surface area contributed by atoms with Crippen LogP contribution in [0.2, 0.25) is 0 Å². The van der Waals surface area contributed by atoms with Crippen LogP contribution in [0.25, 0.3) is 0 Å². The summed E-state index contributed by atoms with van der Waals surface area (Å²) in [6, 6.07) is 0. The number of unbranched alkanes of at least 4 members (excludes halogenated alkanes) is 1. The van der Waals surface area contributed by atoms with Crippen molar-refractivity contribution in [1.82, 2.24) is 0 Å². The minimum absolute atomic E-state index is 1.03. The second kappa shape index (κ2) is 4.51. The molecule has 1 aliphatic carbocycles. The molecule has 0 amide bonds. The average Bonchev–Trinajstić information content (AvgIpc) is 2.63. The maximum Gasteiger partial charge on any atom is 0.0152 e. The van der Waals surface area contributed by atoms with Crippen molar-refractivity contribution >= 4 is 21.6 Å². The normalized spacial score (nSPS) is 18.3. The van der Waals surface area contributed by atoms with E-state index >= 15 is 0 Å². The predicted octanol–water partition coefficient (Wildman–Crippen LogP) is 3.33. The standard InChI is InChI=1S/C7H14S2/c1-2-3-6-8-9-7-4-5-7/h7H,2-6H2,1H3. The average molecular weight is 162 g/mol. The molecular weight excluding hydrogens is 148 g/mol. The molecule has 0 atom stereocenters. The Labute approximate surface area is 65.6 Å². The van der Waals surface area contributed by atoms with E-state index in [1.54, 1.807) is 0 Å². The minimum atomic E-state index is 1.03. The van der Waals surface area contributed by atoms with Crippen LogP contribution < -0.4 is 0 Å². The monoisotopic (exact) mass is 162 g/mol. The van der Waals surface area contributed by atoms with E-state index in [0.29, 0.717) is 0 Å². The van der Waals surface area contributed by atoms with E-state index in [-0.39, 0.29) is 0 Å². The van der Waals surface area contributed by atoms with E-state index in [2.05, 4.69) is 28.5 Å². The second-order valence-corrected chi connectivity index (χ2v) is 5.26. The summed E-state index contributed by atoms with van der Waals surface area (Å²) in [5.41, 5.74) is 0. The number of rotatable bonds is 5. The van der Waals surface area contributed by atoms with Gasteiger partial charge in [0.2, 0.25) is 0 Å². The first-order valence-electron chi connectivity index (χ1n) is 3.71. The SMILES string of the molecule is CCCCSSC1CC1. The summed E-state index contributed by atoms with van der Waals surface area (Å²) in [6.45, 7) is 2.25. The summed E-state index contributed by atoms with van der Waals surface area (Å²) >= 11 is 0. The van der Waals surface area contributed by atoms with E-state index in [1.807, 2.05) is 0 Å². The fourth-order valence-corrected chi connectivity index (χ4v) is 3.33. The molecule has 54 valence electrons. The van der Waals surface area contributed by atoms with Gasteiger partial charge in [0.1, 0.15) is 0 Å². The van der Waals surface area contributed by atoms with Gasteiger partial charge >= 0.3 is 0 Å². The van der Waals surface area contributed by atoms with Crippen molar-refractivity contribution in [3.63, 3.8) is 0 Å². The van der Waals surface area contributed by atoms with Crippen LogP contribution in [0.3, 0.4) is 0 Å². The fourth-order valence-electron chi connectivity index (χ4n) is 0.512. The zero-order valence-electron chi connectivity index (χ0n) is 5.93. The van der Waals surface area contributed by atoms with Gasteiger partial charge in [0.05, 0.1) is 0 Å². The topological polar surface area (TPSA) is 0 Å². The molecule has 1 aliphatic rings. The molecule has 0 aliphatic heterocycles. The van der Waals surface area contributed by atoms with Crippen LogP contribution in [0.15, 0.2) is 0 Å². The van der Waals surface area contributed by atoms with Gasteiger partial charge in [-0.1, -0.05) is 34.9 Å². The molecule has 0 heterocycles. The Bertz CT molecular complexity index is 69.3. The van der Waals surface area contributed by atoms with Gasteiger partial charge < -0.3 is 0 Å². The fraction of sp³-hybridized carbons (Fsp3) is 1.00. The Balaban J connectivity index is 1.71. The third-order valence-corrected chi connectivity index (χ3v) is 4.37. The van der Waals surface area contributed by atoms with E-state index in [4.69, 9.17) is 0 Å². The Morgan fingerprint density at radius 1 is 1.44 bits per heavy atom. The molecule has 0 bridgehead atoms. The molecule has 0 radical (unpaired) electrons. The molecule has 2 heteroatoms. The van der Waals surface area contributed by atoms with Crippen molar-refractivity contribution in [2.75, 3.05) is 5.75 Å². The third-order valence-electron chi connectivity index (χ3n) is 1.31. The Kier molecular flexibility index (Phi) is 3.91. The van der Waals surface area contributed by atoms with Crippen LogP contribution in [0.4, 0.5) is 0 Å². The molecule has 0 unspecified atom stereocenters. The van der Waals surface area contributed by atoms with Crippen LogP contribution in [-0.2, 0) is 0 Å². The van der Waals surface area contributed by atoms with Crippen LogP contribution in [0.1, 0.15) is 32.6 Å². The molecule has 0 N–H and O–H groups in total. The first kappa shape index (κ1) is 7.80. The van der Waals surface area contributed by atoms with E-state index in [1.165, 1.54) is 31.4 Å².